The van der Waals surface area contributed by atoms with E-state index in [4.69, 9.17) is 10.00 Å². The summed E-state index contributed by atoms with van der Waals surface area (Å²) in [4.78, 5) is 0. The third kappa shape index (κ3) is 4.87. The average Bonchev–Trinajstić information content (AvgIpc) is 2.19. The number of nitriles is 1. The molecule has 0 radical (unpaired) electrons. The smallest absolute Gasteiger partial charge is 0.0621 e. The van der Waals surface area contributed by atoms with Crippen LogP contribution in [0.5, 0.6) is 0 Å². The fourth-order valence-corrected chi connectivity index (χ4v) is 1.54. The second-order valence-electron chi connectivity index (χ2n) is 3.46. The van der Waals surface area contributed by atoms with Gasteiger partial charge in [0.05, 0.1) is 6.07 Å². The van der Waals surface area contributed by atoms with Gasteiger partial charge in [-0.2, -0.15) is 5.26 Å². The van der Waals surface area contributed by atoms with Crippen LogP contribution in [0.15, 0.2) is 0 Å². The molecule has 0 aromatic heterocycles. The Morgan fingerprint density at radius 1 is 1.31 bits per heavy atom. The Balaban J connectivity index is 1.90. The first-order chi connectivity index (χ1) is 6.43. The van der Waals surface area contributed by atoms with Gasteiger partial charge in [-0.25, -0.2) is 0 Å². The first-order valence-corrected chi connectivity index (χ1v) is 5.11. The summed E-state index contributed by atoms with van der Waals surface area (Å²) in [6.07, 6.45) is 5.10. The van der Waals surface area contributed by atoms with Crippen LogP contribution in [0.25, 0.3) is 0 Å². The van der Waals surface area contributed by atoms with Crippen molar-refractivity contribution in [1.29, 1.82) is 5.26 Å². The second-order valence-corrected chi connectivity index (χ2v) is 3.46. The SMILES string of the molecule is N#CCCCCNC1CCOCC1. The van der Waals surface area contributed by atoms with Gasteiger partial charge in [-0.15, -0.1) is 0 Å². The van der Waals surface area contributed by atoms with Crippen molar-refractivity contribution in [3.05, 3.63) is 0 Å². The second kappa shape index (κ2) is 6.88. The minimum atomic E-state index is 0.649. The highest BCUT2D eigenvalue weighted by atomic mass is 16.5. The first kappa shape index (κ1) is 10.5. The summed E-state index contributed by atoms with van der Waals surface area (Å²) < 4.78 is 5.26. The average molecular weight is 182 g/mol. The molecule has 1 N–H and O–H groups in total. The van der Waals surface area contributed by atoms with Gasteiger partial charge >= 0.3 is 0 Å². The van der Waals surface area contributed by atoms with Crippen molar-refractivity contribution in [3.63, 3.8) is 0 Å². The highest BCUT2D eigenvalue weighted by molar-refractivity contribution is 4.71. The van der Waals surface area contributed by atoms with Crippen LogP contribution < -0.4 is 5.32 Å². The minimum Gasteiger partial charge on any atom is -0.381 e. The summed E-state index contributed by atoms with van der Waals surface area (Å²) in [6.45, 7) is 2.85. The van der Waals surface area contributed by atoms with Crippen molar-refractivity contribution in [2.75, 3.05) is 19.8 Å². The molecular formula is C10H18N2O. The minimum absolute atomic E-state index is 0.649. The highest BCUT2D eigenvalue weighted by Gasteiger charge is 2.11. The van der Waals surface area contributed by atoms with E-state index in [-0.39, 0.29) is 0 Å². The Kier molecular flexibility index (Phi) is 5.55. The molecule has 0 saturated carbocycles. The van der Waals surface area contributed by atoms with Crippen LogP contribution in [-0.2, 0) is 4.74 Å². The Labute approximate surface area is 80.1 Å². The van der Waals surface area contributed by atoms with Crippen LogP contribution in [0.2, 0.25) is 0 Å². The first-order valence-electron chi connectivity index (χ1n) is 5.11. The molecule has 0 aliphatic carbocycles. The predicted molar refractivity (Wildman–Crippen MR) is 51.3 cm³/mol. The maximum absolute atomic E-state index is 8.33. The summed E-state index contributed by atoms with van der Waals surface area (Å²) in [7, 11) is 0. The normalized spacial score (nSPS) is 18.4. The van der Waals surface area contributed by atoms with Gasteiger partial charge in [-0.1, -0.05) is 0 Å². The Morgan fingerprint density at radius 2 is 2.08 bits per heavy atom. The number of ether oxygens (including phenoxy) is 1. The molecule has 0 unspecified atom stereocenters. The topological polar surface area (TPSA) is 45.0 Å². The molecule has 0 spiro atoms. The molecule has 1 saturated heterocycles. The molecule has 1 heterocycles. The predicted octanol–water partition coefficient (Wildman–Crippen LogP) is 1.45. The third-order valence-electron chi connectivity index (χ3n) is 2.37. The molecule has 1 fully saturated rings. The van der Waals surface area contributed by atoms with E-state index in [1.807, 2.05) is 0 Å². The number of unbranched alkanes of at least 4 members (excludes halogenated alkanes) is 2. The summed E-state index contributed by atoms with van der Waals surface area (Å²) in [5.41, 5.74) is 0. The zero-order chi connectivity index (χ0) is 9.36. The van der Waals surface area contributed by atoms with Crippen LogP contribution >= 0.6 is 0 Å². The molecule has 1 aliphatic heterocycles. The summed E-state index contributed by atoms with van der Waals surface area (Å²) in [5, 5.41) is 11.8. The molecule has 0 aromatic rings. The van der Waals surface area contributed by atoms with Gasteiger partial charge in [0.15, 0.2) is 0 Å². The van der Waals surface area contributed by atoms with Gasteiger partial charge in [0.2, 0.25) is 0 Å². The molecule has 0 bridgehead atoms. The molecule has 0 aromatic carbocycles. The number of hydrogen-bond donors (Lipinski definition) is 1. The van der Waals surface area contributed by atoms with Gasteiger partial charge in [-0.05, 0) is 32.2 Å². The quantitative estimate of drug-likeness (QED) is 0.654. The molecule has 74 valence electrons. The lowest BCUT2D eigenvalue weighted by atomic mass is 10.1. The molecular weight excluding hydrogens is 164 g/mol. The number of nitrogens with zero attached hydrogens (tertiary/aromatic N) is 1. The van der Waals surface area contributed by atoms with Gasteiger partial charge in [0.25, 0.3) is 0 Å². The van der Waals surface area contributed by atoms with E-state index in [1.165, 1.54) is 0 Å². The molecule has 1 rings (SSSR count). The van der Waals surface area contributed by atoms with Crippen molar-refractivity contribution >= 4 is 0 Å². The standard InChI is InChI=1S/C10H18N2O/c11-6-2-1-3-7-12-10-4-8-13-9-5-10/h10,12H,1-5,7-9H2. The zero-order valence-corrected chi connectivity index (χ0v) is 8.09. The Morgan fingerprint density at radius 3 is 2.77 bits per heavy atom. The molecule has 0 atom stereocenters. The molecule has 13 heavy (non-hydrogen) atoms. The van der Waals surface area contributed by atoms with Gasteiger partial charge in [0.1, 0.15) is 0 Å². The lowest BCUT2D eigenvalue weighted by Crippen LogP contribution is -2.35. The number of nitrogens with one attached hydrogen (secondary N) is 1. The van der Waals surface area contributed by atoms with Crippen LogP contribution in [0, 0.1) is 11.3 Å². The van der Waals surface area contributed by atoms with Gasteiger partial charge in [0, 0.05) is 25.7 Å². The van der Waals surface area contributed by atoms with E-state index in [9.17, 15) is 0 Å². The maximum atomic E-state index is 8.33. The molecule has 3 nitrogen and oxygen atoms in total. The van der Waals surface area contributed by atoms with E-state index in [2.05, 4.69) is 11.4 Å². The molecule has 3 heteroatoms. The van der Waals surface area contributed by atoms with Crippen LogP contribution in [0.4, 0.5) is 0 Å². The monoisotopic (exact) mass is 182 g/mol. The van der Waals surface area contributed by atoms with Crippen molar-refractivity contribution in [2.24, 2.45) is 0 Å². The summed E-state index contributed by atoms with van der Waals surface area (Å²) in [5.74, 6) is 0. The number of rotatable bonds is 5. The van der Waals surface area contributed by atoms with E-state index in [0.29, 0.717) is 12.5 Å². The fraction of sp³-hybridized carbons (Fsp3) is 0.900. The largest absolute Gasteiger partial charge is 0.381 e. The Hall–Kier alpha value is -0.590. The summed E-state index contributed by atoms with van der Waals surface area (Å²) in [6, 6.07) is 2.81. The van der Waals surface area contributed by atoms with Gasteiger partial charge in [-0.3, -0.25) is 0 Å². The van der Waals surface area contributed by atoms with Crippen molar-refractivity contribution in [2.45, 2.75) is 38.1 Å². The fourth-order valence-electron chi connectivity index (χ4n) is 1.54. The lowest BCUT2D eigenvalue weighted by molar-refractivity contribution is 0.0780. The van der Waals surface area contributed by atoms with Crippen LogP contribution in [-0.4, -0.2) is 25.8 Å². The van der Waals surface area contributed by atoms with Crippen LogP contribution in [0.1, 0.15) is 32.1 Å². The Bertz CT molecular complexity index is 159. The van der Waals surface area contributed by atoms with E-state index in [1.54, 1.807) is 0 Å². The van der Waals surface area contributed by atoms with Gasteiger partial charge < -0.3 is 10.1 Å². The van der Waals surface area contributed by atoms with Crippen molar-refractivity contribution in [3.8, 4) is 6.07 Å². The summed E-state index contributed by atoms with van der Waals surface area (Å²) >= 11 is 0. The van der Waals surface area contributed by atoms with E-state index < -0.39 is 0 Å². The van der Waals surface area contributed by atoms with Crippen molar-refractivity contribution < 1.29 is 4.74 Å². The van der Waals surface area contributed by atoms with E-state index >= 15 is 0 Å². The number of hydrogen-bond acceptors (Lipinski definition) is 3. The van der Waals surface area contributed by atoms with Crippen molar-refractivity contribution in [1.82, 2.24) is 5.32 Å². The highest BCUT2D eigenvalue weighted by Crippen LogP contribution is 2.06. The zero-order valence-electron chi connectivity index (χ0n) is 8.09. The third-order valence-corrected chi connectivity index (χ3v) is 2.37. The molecule has 1 aliphatic rings. The maximum Gasteiger partial charge on any atom is 0.0621 e. The van der Waals surface area contributed by atoms with E-state index in [0.717, 1.165) is 45.4 Å². The lowest BCUT2D eigenvalue weighted by Gasteiger charge is -2.23. The molecule has 0 amide bonds. The van der Waals surface area contributed by atoms with Crippen LogP contribution in [0.3, 0.4) is 0 Å².